The zero-order chi connectivity index (χ0) is 26.0. The fraction of sp³-hybridized carbons (Fsp3) is 0.0857. The maximum atomic E-state index is 3.62. The lowest BCUT2D eigenvalue weighted by Crippen LogP contribution is -2.27. The van der Waals surface area contributed by atoms with Gasteiger partial charge in [-0.2, -0.15) is 0 Å². The Balaban J connectivity index is 1.42. The smallest absolute Gasteiger partial charge is 0.0575 e. The van der Waals surface area contributed by atoms with Gasteiger partial charge in [0.2, 0.25) is 0 Å². The lowest BCUT2D eigenvalue weighted by atomic mass is 9.72. The maximum absolute atomic E-state index is 3.62. The zero-order valence-corrected chi connectivity index (χ0v) is 24.3. The van der Waals surface area contributed by atoms with E-state index in [4.69, 9.17) is 0 Å². The summed E-state index contributed by atoms with van der Waals surface area (Å²) in [6.45, 7) is 4.74. The van der Waals surface area contributed by atoms with E-state index in [1.165, 1.54) is 61.1 Å². The van der Waals surface area contributed by atoms with Crippen molar-refractivity contribution in [2.75, 3.05) is 0 Å². The Morgan fingerprint density at radius 2 is 1.24 bits per heavy atom. The fourth-order valence-electron chi connectivity index (χ4n) is 6.16. The molecule has 2 heterocycles. The predicted octanol–water partition coefficient (Wildman–Crippen LogP) is 10.8. The van der Waals surface area contributed by atoms with E-state index < -0.39 is 0 Å². The summed E-state index contributed by atoms with van der Waals surface area (Å²) in [4.78, 5) is 0. The average Bonchev–Trinajstić information content (AvgIpc) is 3.32. The highest BCUT2D eigenvalue weighted by molar-refractivity contribution is 9.11. The van der Waals surface area contributed by atoms with E-state index in [0.29, 0.717) is 0 Å². The number of para-hydroxylation sites is 1. The first-order chi connectivity index (χ1) is 18.4. The normalized spacial score (nSPS) is 13.5. The van der Waals surface area contributed by atoms with Crippen LogP contribution >= 0.6 is 31.9 Å². The van der Waals surface area contributed by atoms with Crippen LogP contribution in [0.5, 0.6) is 0 Å². The molecule has 3 heteroatoms. The molecule has 0 amide bonds. The SMILES string of the molecule is CC1(C)c2c(-c3ccc(-c4cc(Br)cc(Br)c4)cc3)cccc2-n2cc(-c3ccccc3)c3cccc1c32. The van der Waals surface area contributed by atoms with Crippen LogP contribution in [0.3, 0.4) is 0 Å². The number of halogens is 2. The summed E-state index contributed by atoms with van der Waals surface area (Å²) in [6, 6.07) is 39.6. The van der Waals surface area contributed by atoms with Gasteiger partial charge in [0.1, 0.15) is 0 Å². The minimum absolute atomic E-state index is 0.151. The van der Waals surface area contributed by atoms with Gasteiger partial charge in [0.25, 0.3) is 0 Å². The first kappa shape index (κ1) is 23.7. The second-order valence-corrected chi connectivity index (χ2v) is 12.4. The molecule has 0 fully saturated rings. The van der Waals surface area contributed by atoms with E-state index in [0.717, 1.165) is 8.95 Å². The van der Waals surface area contributed by atoms with Crippen molar-refractivity contribution in [3.05, 3.63) is 135 Å². The van der Waals surface area contributed by atoms with Crippen molar-refractivity contribution in [2.24, 2.45) is 0 Å². The van der Waals surface area contributed by atoms with Gasteiger partial charge in [0.15, 0.2) is 0 Å². The van der Waals surface area contributed by atoms with Gasteiger partial charge in [-0.3, -0.25) is 0 Å². The summed E-state index contributed by atoms with van der Waals surface area (Å²) in [5, 5.41) is 1.31. The first-order valence-electron chi connectivity index (χ1n) is 12.8. The molecule has 38 heavy (non-hydrogen) atoms. The monoisotopic (exact) mass is 617 g/mol. The second-order valence-electron chi connectivity index (χ2n) is 10.5. The van der Waals surface area contributed by atoms with Crippen molar-refractivity contribution in [3.63, 3.8) is 0 Å². The molecule has 0 spiro atoms. The zero-order valence-electron chi connectivity index (χ0n) is 21.2. The number of nitrogens with zero attached hydrogens (tertiary/aromatic N) is 1. The maximum Gasteiger partial charge on any atom is 0.0575 e. The Labute approximate surface area is 240 Å². The van der Waals surface area contributed by atoms with Gasteiger partial charge in [0, 0.05) is 31.5 Å². The molecule has 5 aromatic carbocycles. The molecule has 1 aliphatic heterocycles. The highest BCUT2D eigenvalue weighted by Crippen LogP contribution is 2.50. The number of aromatic nitrogens is 1. The molecule has 1 aromatic heterocycles. The minimum Gasteiger partial charge on any atom is -0.315 e. The number of hydrogen-bond donors (Lipinski definition) is 0. The van der Waals surface area contributed by atoms with E-state index in [1.54, 1.807) is 0 Å². The van der Waals surface area contributed by atoms with Crippen molar-refractivity contribution in [1.82, 2.24) is 4.57 Å². The van der Waals surface area contributed by atoms with Gasteiger partial charge < -0.3 is 4.57 Å². The van der Waals surface area contributed by atoms with Crippen molar-refractivity contribution in [1.29, 1.82) is 0 Å². The third kappa shape index (κ3) is 3.64. The van der Waals surface area contributed by atoms with Crippen LogP contribution in [0.1, 0.15) is 25.0 Å². The predicted molar refractivity (Wildman–Crippen MR) is 167 cm³/mol. The third-order valence-electron chi connectivity index (χ3n) is 7.90. The minimum atomic E-state index is -0.151. The van der Waals surface area contributed by atoms with E-state index >= 15 is 0 Å². The molecule has 0 saturated heterocycles. The van der Waals surface area contributed by atoms with Gasteiger partial charge in [-0.25, -0.2) is 0 Å². The molecule has 0 radical (unpaired) electrons. The Kier molecular flexibility index (Phi) is 5.51. The third-order valence-corrected chi connectivity index (χ3v) is 8.82. The molecule has 184 valence electrons. The molecule has 0 atom stereocenters. The molecule has 6 aromatic rings. The van der Waals surface area contributed by atoms with E-state index in [-0.39, 0.29) is 5.41 Å². The lowest BCUT2D eigenvalue weighted by Gasteiger charge is -2.36. The summed E-state index contributed by atoms with van der Waals surface area (Å²) in [5.74, 6) is 0. The van der Waals surface area contributed by atoms with Crippen molar-refractivity contribution >= 4 is 42.8 Å². The lowest BCUT2D eigenvalue weighted by molar-refractivity contribution is 0.630. The summed E-state index contributed by atoms with van der Waals surface area (Å²) < 4.78 is 4.55. The molecule has 0 saturated carbocycles. The number of hydrogen-bond acceptors (Lipinski definition) is 0. The molecule has 0 N–H and O–H groups in total. The van der Waals surface area contributed by atoms with E-state index in [1.807, 2.05) is 0 Å². The molecule has 1 aliphatic rings. The Morgan fingerprint density at radius 1 is 0.579 bits per heavy atom. The number of fused-ring (bicyclic) bond motifs is 2. The molecular formula is C35H25Br2N. The van der Waals surface area contributed by atoms with Crippen LogP contribution in [0.15, 0.2) is 124 Å². The van der Waals surface area contributed by atoms with Gasteiger partial charge >= 0.3 is 0 Å². The van der Waals surface area contributed by atoms with Crippen LogP contribution in [-0.4, -0.2) is 4.57 Å². The van der Waals surface area contributed by atoms with Crippen LogP contribution in [-0.2, 0) is 5.41 Å². The average molecular weight is 619 g/mol. The molecule has 0 aliphatic carbocycles. The standard InChI is InChI=1S/C35H25Br2N/c1-35(2)31-12-6-11-29-30(23-8-4-3-5-9-23)21-38(34(29)31)32-13-7-10-28(33(32)35)24-16-14-22(15-17-24)25-18-26(36)20-27(37)19-25/h3-21H,1-2H3. The molecular weight excluding hydrogens is 594 g/mol. The Bertz CT molecular complexity index is 1820. The summed E-state index contributed by atoms with van der Waals surface area (Å²) in [5.41, 5.74) is 12.6. The molecule has 0 bridgehead atoms. The largest absolute Gasteiger partial charge is 0.315 e. The molecule has 1 nitrogen and oxygen atoms in total. The van der Waals surface area contributed by atoms with Gasteiger partial charge in [0.05, 0.1) is 11.2 Å². The summed E-state index contributed by atoms with van der Waals surface area (Å²) in [7, 11) is 0. The Hall–Kier alpha value is -3.40. The highest BCUT2D eigenvalue weighted by atomic mass is 79.9. The number of benzene rings is 5. The van der Waals surface area contributed by atoms with Crippen LogP contribution in [0.2, 0.25) is 0 Å². The molecule has 7 rings (SSSR count). The van der Waals surface area contributed by atoms with Gasteiger partial charge in [-0.05, 0) is 63.2 Å². The van der Waals surface area contributed by atoms with Crippen molar-refractivity contribution in [2.45, 2.75) is 19.3 Å². The van der Waals surface area contributed by atoms with Crippen LogP contribution in [0, 0.1) is 0 Å². The fourth-order valence-corrected chi connectivity index (χ4v) is 7.46. The Morgan fingerprint density at radius 3 is 1.97 bits per heavy atom. The van der Waals surface area contributed by atoms with Crippen LogP contribution < -0.4 is 0 Å². The summed E-state index contributed by atoms with van der Waals surface area (Å²) in [6.07, 6.45) is 2.33. The second kappa shape index (κ2) is 8.83. The van der Waals surface area contributed by atoms with Crippen molar-refractivity contribution in [3.8, 4) is 39.1 Å². The van der Waals surface area contributed by atoms with Crippen LogP contribution in [0.4, 0.5) is 0 Å². The molecule has 0 unspecified atom stereocenters. The highest BCUT2D eigenvalue weighted by Gasteiger charge is 2.36. The number of rotatable bonds is 3. The van der Waals surface area contributed by atoms with E-state index in [2.05, 4.69) is 166 Å². The topological polar surface area (TPSA) is 4.93 Å². The van der Waals surface area contributed by atoms with E-state index in [9.17, 15) is 0 Å². The quantitative estimate of drug-likeness (QED) is 0.186. The van der Waals surface area contributed by atoms with Gasteiger partial charge in [-0.1, -0.05) is 131 Å². The van der Waals surface area contributed by atoms with Crippen molar-refractivity contribution < 1.29 is 0 Å². The van der Waals surface area contributed by atoms with Gasteiger partial charge in [-0.15, -0.1) is 0 Å². The summed E-state index contributed by atoms with van der Waals surface area (Å²) >= 11 is 7.25. The first-order valence-corrected chi connectivity index (χ1v) is 14.4. The van der Waals surface area contributed by atoms with Crippen LogP contribution in [0.25, 0.3) is 50.0 Å².